The first-order valence-corrected chi connectivity index (χ1v) is 9.70. The van der Waals surface area contributed by atoms with Crippen molar-refractivity contribution in [2.45, 2.75) is 46.1 Å². The molecule has 1 aliphatic rings. The predicted molar refractivity (Wildman–Crippen MR) is 110 cm³/mol. The van der Waals surface area contributed by atoms with Gasteiger partial charge in [-0.2, -0.15) is 0 Å². The van der Waals surface area contributed by atoms with Crippen LogP contribution in [0.15, 0.2) is 35.9 Å². The molecule has 1 atom stereocenters. The lowest BCUT2D eigenvalue weighted by Crippen LogP contribution is -2.34. The number of phenolic OH excluding ortho intramolecular Hbond substituents is 1. The fourth-order valence-electron chi connectivity index (χ4n) is 3.31. The number of aryl methyl sites for hydroxylation is 1. The second-order valence-electron chi connectivity index (χ2n) is 7.46. The number of aliphatic hydroxyl groups is 1. The van der Waals surface area contributed by atoms with Crippen molar-refractivity contribution in [3.63, 3.8) is 0 Å². The molecule has 0 aromatic heterocycles. The Bertz CT molecular complexity index is 809. The summed E-state index contributed by atoms with van der Waals surface area (Å²) in [7, 11) is 0. The molecule has 1 heterocycles. The molecule has 0 radical (unpaired) electrons. The maximum atomic E-state index is 13.0. The van der Waals surface area contributed by atoms with Gasteiger partial charge in [-0.05, 0) is 62.9 Å². The van der Waals surface area contributed by atoms with Crippen LogP contribution in [0.2, 0.25) is 0 Å². The quantitative estimate of drug-likeness (QED) is 0.518. The molecule has 0 bridgehead atoms. The first kappa shape index (κ1) is 21.7. The maximum absolute atomic E-state index is 13.0. The summed E-state index contributed by atoms with van der Waals surface area (Å²) in [5.74, 6) is -0.461. The molecule has 6 heteroatoms. The van der Waals surface area contributed by atoms with Crippen molar-refractivity contribution >= 4 is 17.4 Å². The molecule has 1 aromatic rings. The summed E-state index contributed by atoms with van der Waals surface area (Å²) < 4.78 is 0. The third-order valence-electron chi connectivity index (χ3n) is 4.80. The minimum Gasteiger partial charge on any atom is -0.508 e. The van der Waals surface area contributed by atoms with Gasteiger partial charge in [0.15, 0.2) is 0 Å². The van der Waals surface area contributed by atoms with E-state index in [9.17, 15) is 19.8 Å². The average Bonchev–Trinajstić information content (AvgIpc) is 3.00. The van der Waals surface area contributed by atoms with Crippen molar-refractivity contribution in [1.82, 2.24) is 10.2 Å². The van der Waals surface area contributed by atoms with Crippen molar-refractivity contribution in [1.29, 1.82) is 0 Å². The van der Waals surface area contributed by atoms with Crippen molar-refractivity contribution in [3.8, 4) is 5.75 Å². The van der Waals surface area contributed by atoms with Crippen LogP contribution in [0.5, 0.6) is 5.75 Å². The van der Waals surface area contributed by atoms with Crippen molar-refractivity contribution < 1.29 is 19.8 Å². The highest BCUT2D eigenvalue weighted by atomic mass is 16.3. The average molecular weight is 386 g/mol. The molecule has 28 heavy (non-hydrogen) atoms. The molecule has 2 rings (SSSR count). The van der Waals surface area contributed by atoms with E-state index < -0.39 is 5.60 Å². The Hall–Kier alpha value is -2.60. The van der Waals surface area contributed by atoms with E-state index in [1.165, 1.54) is 6.07 Å². The van der Waals surface area contributed by atoms with Gasteiger partial charge in [0.25, 0.3) is 11.8 Å². The van der Waals surface area contributed by atoms with Crippen LogP contribution in [0.1, 0.15) is 44.7 Å². The summed E-state index contributed by atoms with van der Waals surface area (Å²) in [5.41, 5.74) is 1.25. The van der Waals surface area contributed by atoms with Crippen molar-refractivity contribution in [2.24, 2.45) is 0 Å². The van der Waals surface area contributed by atoms with Crippen LogP contribution in [0.25, 0.3) is 5.57 Å². The Balaban J connectivity index is 2.49. The number of amides is 2. The number of carbonyl (C=O) groups excluding carboxylic acids is 2. The molecular formula is C22H30N2O4. The first-order chi connectivity index (χ1) is 13.2. The second kappa shape index (κ2) is 9.06. The van der Waals surface area contributed by atoms with Gasteiger partial charge in [-0.3, -0.25) is 9.59 Å². The van der Waals surface area contributed by atoms with Gasteiger partial charge < -0.3 is 20.4 Å². The second-order valence-corrected chi connectivity index (χ2v) is 7.46. The highest BCUT2D eigenvalue weighted by Crippen LogP contribution is 2.27. The Morgan fingerprint density at radius 1 is 1.32 bits per heavy atom. The smallest absolute Gasteiger partial charge is 0.253 e. The van der Waals surface area contributed by atoms with Gasteiger partial charge in [-0.25, -0.2) is 0 Å². The van der Waals surface area contributed by atoms with Crippen molar-refractivity contribution in [2.75, 3.05) is 19.6 Å². The number of carbonyl (C=O) groups is 2. The standard InChI is InChI=1S/C22H30N2O4/c1-5-7-16(21(27)24-11-10-22(4,28)14-24)12-19(20(26)23-6-2)18-13-17(25)9-8-15(18)3/h7-9,12-13,25,28H,5-6,10-11,14H2,1-4H3,(H,23,26)/b16-7-,19-12+. The zero-order valence-electron chi connectivity index (χ0n) is 17.1. The number of hydrogen-bond acceptors (Lipinski definition) is 4. The summed E-state index contributed by atoms with van der Waals surface area (Å²) >= 11 is 0. The lowest BCUT2D eigenvalue weighted by atomic mass is 9.96. The zero-order chi connectivity index (χ0) is 20.9. The number of allylic oxidation sites excluding steroid dienone is 1. The van der Waals surface area contributed by atoms with Gasteiger partial charge in [0.1, 0.15) is 5.75 Å². The van der Waals surface area contributed by atoms with E-state index in [-0.39, 0.29) is 24.1 Å². The summed E-state index contributed by atoms with van der Waals surface area (Å²) in [6, 6.07) is 4.83. The molecule has 1 saturated heterocycles. The molecule has 0 saturated carbocycles. The van der Waals surface area contributed by atoms with Gasteiger partial charge >= 0.3 is 0 Å². The fourth-order valence-corrected chi connectivity index (χ4v) is 3.31. The Morgan fingerprint density at radius 2 is 2.04 bits per heavy atom. The van der Waals surface area contributed by atoms with Gasteiger partial charge in [0.2, 0.25) is 0 Å². The molecule has 0 aliphatic carbocycles. The third kappa shape index (κ3) is 5.23. The van der Waals surface area contributed by atoms with E-state index in [1.807, 2.05) is 20.8 Å². The summed E-state index contributed by atoms with van der Waals surface area (Å²) in [6.45, 7) is 8.51. The molecule has 6 nitrogen and oxygen atoms in total. The molecule has 152 valence electrons. The van der Waals surface area contributed by atoms with E-state index >= 15 is 0 Å². The molecule has 1 unspecified atom stereocenters. The Labute approximate surface area is 166 Å². The van der Waals surface area contributed by atoms with Gasteiger partial charge in [-0.15, -0.1) is 0 Å². The largest absolute Gasteiger partial charge is 0.508 e. The molecular weight excluding hydrogens is 356 g/mol. The van der Waals surface area contributed by atoms with Gasteiger partial charge in [0.05, 0.1) is 5.60 Å². The molecule has 3 N–H and O–H groups in total. The lowest BCUT2D eigenvalue weighted by Gasteiger charge is -2.20. The van der Waals surface area contributed by atoms with E-state index in [2.05, 4.69) is 5.32 Å². The Kier molecular flexibility index (Phi) is 7.02. The van der Waals surface area contributed by atoms with E-state index in [0.29, 0.717) is 42.6 Å². The fraction of sp³-hybridized carbons (Fsp3) is 0.455. The number of aromatic hydroxyl groups is 1. The summed E-state index contributed by atoms with van der Waals surface area (Å²) in [4.78, 5) is 27.4. The number of nitrogens with zero attached hydrogens (tertiary/aromatic N) is 1. The predicted octanol–water partition coefficient (Wildman–Crippen LogP) is 2.54. The number of nitrogens with one attached hydrogen (secondary N) is 1. The van der Waals surface area contributed by atoms with Crippen LogP contribution in [0.4, 0.5) is 0 Å². The normalized spacial score (nSPS) is 20.4. The highest BCUT2D eigenvalue weighted by Gasteiger charge is 2.34. The minimum absolute atomic E-state index is 0.0544. The lowest BCUT2D eigenvalue weighted by molar-refractivity contribution is -0.126. The Morgan fingerprint density at radius 3 is 2.61 bits per heavy atom. The minimum atomic E-state index is -0.888. The number of β-amino-alcohol motifs (C(OH)–C–C–N with tert-alkyl or cyclic N) is 1. The number of likely N-dealkylation sites (N-methyl/N-ethyl adjacent to an activating group) is 1. The number of hydrogen-bond donors (Lipinski definition) is 3. The number of rotatable bonds is 6. The van der Waals surface area contributed by atoms with Crippen LogP contribution < -0.4 is 5.32 Å². The van der Waals surface area contributed by atoms with Crippen molar-refractivity contribution in [3.05, 3.63) is 47.1 Å². The van der Waals surface area contributed by atoms with E-state index in [1.54, 1.807) is 36.1 Å². The van der Waals surface area contributed by atoms with Crippen LogP contribution >= 0.6 is 0 Å². The van der Waals surface area contributed by atoms with Crippen LogP contribution in [0.3, 0.4) is 0 Å². The van der Waals surface area contributed by atoms with Crippen LogP contribution in [-0.2, 0) is 9.59 Å². The highest BCUT2D eigenvalue weighted by molar-refractivity contribution is 6.21. The molecule has 1 fully saturated rings. The molecule has 1 aliphatic heterocycles. The topological polar surface area (TPSA) is 89.9 Å². The van der Waals surface area contributed by atoms with Crippen LogP contribution in [0, 0.1) is 6.92 Å². The number of benzene rings is 1. The summed E-state index contributed by atoms with van der Waals surface area (Å²) in [6.07, 6.45) is 4.53. The third-order valence-corrected chi connectivity index (χ3v) is 4.80. The molecule has 0 spiro atoms. The molecule has 2 amide bonds. The maximum Gasteiger partial charge on any atom is 0.253 e. The number of phenols is 1. The first-order valence-electron chi connectivity index (χ1n) is 9.70. The van der Waals surface area contributed by atoms with Gasteiger partial charge in [-0.1, -0.05) is 19.1 Å². The SMILES string of the molecule is CC/C=C(/C=C(/C(=O)NCC)c1cc(O)ccc1C)C(=O)N1CCC(C)(O)C1. The number of likely N-dealkylation sites (tertiary alicyclic amines) is 1. The van der Waals surface area contributed by atoms with Crippen LogP contribution in [-0.4, -0.2) is 52.2 Å². The molecule has 1 aromatic carbocycles. The van der Waals surface area contributed by atoms with E-state index in [4.69, 9.17) is 0 Å². The van der Waals surface area contributed by atoms with Gasteiger partial charge in [0, 0.05) is 30.8 Å². The summed E-state index contributed by atoms with van der Waals surface area (Å²) in [5, 5.41) is 22.9. The zero-order valence-corrected chi connectivity index (χ0v) is 17.1. The monoisotopic (exact) mass is 386 g/mol. The van der Waals surface area contributed by atoms with E-state index in [0.717, 1.165) is 5.56 Å².